The minimum Gasteiger partial charge on any atom is -0.452 e. The molecule has 0 spiro atoms. The zero-order chi connectivity index (χ0) is 19.1. The van der Waals surface area contributed by atoms with E-state index in [0.29, 0.717) is 5.82 Å². The highest BCUT2D eigenvalue weighted by Crippen LogP contribution is 2.43. The number of hydroxylamine groups is 3. The van der Waals surface area contributed by atoms with Gasteiger partial charge in [0.25, 0.3) is 0 Å². The topological polar surface area (TPSA) is 56.3 Å². The highest BCUT2D eigenvalue weighted by molar-refractivity contribution is 5.75. The number of hydrogen-bond donors (Lipinski definition) is 1. The van der Waals surface area contributed by atoms with Gasteiger partial charge in [0.15, 0.2) is 17.7 Å². The number of methoxy groups -OCH3 is 1. The van der Waals surface area contributed by atoms with Crippen LogP contribution >= 0.6 is 0 Å². The predicted octanol–water partition coefficient (Wildman–Crippen LogP) is 2.61. The van der Waals surface area contributed by atoms with Crippen molar-refractivity contribution in [3.8, 4) is 0 Å². The van der Waals surface area contributed by atoms with Gasteiger partial charge in [-0.2, -0.15) is 9.94 Å². The van der Waals surface area contributed by atoms with Gasteiger partial charge in [-0.15, -0.1) is 5.10 Å². The number of rotatable bonds is 4. The van der Waals surface area contributed by atoms with E-state index >= 15 is 0 Å². The van der Waals surface area contributed by atoms with Crippen molar-refractivity contribution < 1.29 is 14.2 Å². The molecule has 2 aromatic rings. The van der Waals surface area contributed by atoms with Crippen molar-refractivity contribution in [3.63, 3.8) is 0 Å². The average molecular weight is 373 g/mol. The summed E-state index contributed by atoms with van der Waals surface area (Å²) >= 11 is 0. The van der Waals surface area contributed by atoms with Crippen LogP contribution in [-0.4, -0.2) is 29.1 Å². The van der Waals surface area contributed by atoms with Crippen LogP contribution in [0.3, 0.4) is 0 Å². The van der Waals surface area contributed by atoms with Gasteiger partial charge in [-0.25, -0.2) is 0 Å². The molecule has 3 aliphatic rings. The van der Waals surface area contributed by atoms with Crippen molar-refractivity contribution in [3.05, 3.63) is 82.2 Å². The molecule has 3 heterocycles. The number of quaternary nitrogens is 1. The molecule has 6 nitrogen and oxygen atoms in total. The molecule has 0 bridgehead atoms. The molecule has 2 aliphatic heterocycles. The van der Waals surface area contributed by atoms with Crippen LogP contribution in [-0.2, 0) is 9.57 Å². The summed E-state index contributed by atoms with van der Waals surface area (Å²) in [5.41, 5.74) is 4.38. The van der Waals surface area contributed by atoms with E-state index in [-0.39, 0.29) is 4.65 Å². The van der Waals surface area contributed by atoms with E-state index in [4.69, 9.17) is 9.57 Å². The Morgan fingerprint density at radius 1 is 1.14 bits per heavy atom. The highest BCUT2D eigenvalue weighted by Gasteiger charge is 2.49. The summed E-state index contributed by atoms with van der Waals surface area (Å²) in [6.45, 7) is 0. The predicted molar refractivity (Wildman–Crippen MR) is 107 cm³/mol. The molecule has 1 N–H and O–H groups in total. The largest absolute Gasteiger partial charge is 0.452 e. The molecule has 28 heavy (non-hydrogen) atoms. The standard InChI is InChI=1S/C22H21N4O2/c1-27-19-12-15-8-6-7-11-18(15)21-20-16(14-26(19,21)28-2)13-23-25-22(20)24-17-9-4-3-5-10-17/h3-5,7,9-14H,6,8H2,1-2H3,(H,24,25)/q+1. The van der Waals surface area contributed by atoms with E-state index in [0.717, 1.165) is 46.1 Å². The number of nitrogens with one attached hydrogen (secondary N) is 1. The SMILES string of the molecule is COC1=CC2=C(C=CCC2)C2=c3c(Nc4ccccc4)nncc3=C[N+]12OC. The lowest BCUT2D eigenvalue weighted by Crippen LogP contribution is -2.42. The lowest BCUT2D eigenvalue weighted by Gasteiger charge is -2.34. The lowest BCUT2D eigenvalue weighted by molar-refractivity contribution is -0.962. The number of benzene rings is 1. The summed E-state index contributed by atoms with van der Waals surface area (Å²) in [7, 11) is 3.38. The lowest BCUT2D eigenvalue weighted by atomic mass is 9.91. The van der Waals surface area contributed by atoms with Gasteiger partial charge in [-0.1, -0.05) is 35.0 Å². The maximum absolute atomic E-state index is 6.04. The summed E-state index contributed by atoms with van der Waals surface area (Å²) < 4.78 is 5.84. The van der Waals surface area contributed by atoms with Gasteiger partial charge >= 0.3 is 5.88 Å². The zero-order valence-corrected chi connectivity index (χ0v) is 15.8. The van der Waals surface area contributed by atoms with Crippen LogP contribution in [0.4, 0.5) is 11.5 Å². The minimum atomic E-state index is 0.0614. The van der Waals surface area contributed by atoms with Crippen molar-refractivity contribution in [1.29, 1.82) is 0 Å². The third-order valence-electron chi connectivity index (χ3n) is 5.39. The van der Waals surface area contributed by atoms with Gasteiger partial charge in [0.2, 0.25) is 0 Å². The summed E-state index contributed by atoms with van der Waals surface area (Å²) in [5, 5.41) is 14.0. The first-order valence-electron chi connectivity index (χ1n) is 9.29. The van der Waals surface area contributed by atoms with Gasteiger partial charge < -0.3 is 10.1 Å². The Bertz CT molecular complexity index is 1160. The number of hydrogen-bond acceptors (Lipinski definition) is 5. The first kappa shape index (κ1) is 16.9. The van der Waals surface area contributed by atoms with Crippen molar-refractivity contribution >= 4 is 23.4 Å². The molecule has 0 amide bonds. The Morgan fingerprint density at radius 2 is 2.00 bits per heavy atom. The third kappa shape index (κ3) is 2.35. The van der Waals surface area contributed by atoms with E-state index in [1.165, 1.54) is 5.57 Å². The van der Waals surface area contributed by atoms with Crippen molar-refractivity contribution in [2.45, 2.75) is 12.8 Å². The molecule has 1 unspecified atom stereocenters. The first-order chi connectivity index (χ1) is 13.8. The van der Waals surface area contributed by atoms with E-state index in [1.807, 2.05) is 36.5 Å². The second kappa shape index (κ2) is 6.44. The minimum absolute atomic E-state index is 0.0614. The van der Waals surface area contributed by atoms with Gasteiger partial charge in [-0.05, 0) is 30.5 Å². The van der Waals surface area contributed by atoms with Gasteiger partial charge in [0.05, 0.1) is 30.9 Å². The highest BCUT2D eigenvalue weighted by atomic mass is 16.7. The van der Waals surface area contributed by atoms with Crippen LogP contribution in [0.2, 0.25) is 0 Å². The van der Waals surface area contributed by atoms with E-state index in [9.17, 15) is 0 Å². The monoisotopic (exact) mass is 373 g/mol. The molecule has 5 rings (SSSR count). The molecule has 1 aromatic heterocycles. The fourth-order valence-electron chi connectivity index (χ4n) is 4.14. The molecule has 0 saturated carbocycles. The summed E-state index contributed by atoms with van der Waals surface area (Å²) in [5.74, 6) is 1.43. The molecular formula is C22H21N4O2+. The molecule has 1 atom stereocenters. The Morgan fingerprint density at radius 3 is 2.79 bits per heavy atom. The zero-order valence-electron chi connectivity index (χ0n) is 15.8. The quantitative estimate of drug-likeness (QED) is 0.835. The van der Waals surface area contributed by atoms with Gasteiger partial charge in [0, 0.05) is 17.3 Å². The van der Waals surface area contributed by atoms with Crippen LogP contribution in [0.15, 0.2) is 71.8 Å². The molecule has 0 radical (unpaired) electrons. The molecule has 1 aromatic carbocycles. The number of ether oxygens (including phenoxy) is 1. The fourth-order valence-corrected chi connectivity index (χ4v) is 4.14. The number of aromatic nitrogens is 2. The average Bonchev–Trinajstić information content (AvgIpc) is 3.11. The number of para-hydroxylation sites is 1. The maximum atomic E-state index is 6.04. The summed E-state index contributed by atoms with van der Waals surface area (Å²) in [6.07, 6.45) is 12.3. The summed E-state index contributed by atoms with van der Waals surface area (Å²) in [6, 6.07) is 9.99. The number of allylic oxidation sites excluding steroid dienone is 3. The Hall–Kier alpha value is -3.22. The third-order valence-corrected chi connectivity index (χ3v) is 5.39. The van der Waals surface area contributed by atoms with E-state index in [1.54, 1.807) is 20.4 Å². The molecule has 0 saturated heterocycles. The Kier molecular flexibility index (Phi) is 3.89. The second-order valence-electron chi connectivity index (χ2n) is 6.90. The van der Waals surface area contributed by atoms with Crippen LogP contribution in [0.5, 0.6) is 0 Å². The van der Waals surface area contributed by atoms with Crippen LogP contribution < -0.4 is 15.8 Å². The van der Waals surface area contributed by atoms with Crippen LogP contribution in [0.1, 0.15) is 12.8 Å². The fraction of sp³-hybridized carbons (Fsp3) is 0.182. The van der Waals surface area contributed by atoms with E-state index < -0.39 is 0 Å². The molecule has 140 valence electrons. The Balaban J connectivity index is 1.83. The summed E-state index contributed by atoms with van der Waals surface area (Å²) in [4.78, 5) is 6.04. The molecule has 0 fully saturated rings. The first-order valence-corrected chi connectivity index (χ1v) is 9.29. The molecule has 6 heteroatoms. The molecular weight excluding hydrogens is 352 g/mol. The van der Waals surface area contributed by atoms with Crippen LogP contribution in [0, 0.1) is 0 Å². The Labute approximate surface area is 163 Å². The number of nitrogens with zero attached hydrogens (tertiary/aromatic N) is 3. The number of anilines is 2. The normalized spacial score (nSPS) is 22.1. The van der Waals surface area contributed by atoms with Gasteiger partial charge in [0.1, 0.15) is 0 Å². The molecule has 1 aliphatic carbocycles. The maximum Gasteiger partial charge on any atom is 0.335 e. The second-order valence-corrected chi connectivity index (χ2v) is 6.90. The van der Waals surface area contributed by atoms with Crippen LogP contribution in [0.25, 0.3) is 11.9 Å². The smallest absolute Gasteiger partial charge is 0.335 e. The van der Waals surface area contributed by atoms with Crippen molar-refractivity contribution in [2.24, 2.45) is 0 Å². The van der Waals surface area contributed by atoms with Gasteiger partial charge in [-0.3, -0.25) is 0 Å². The van der Waals surface area contributed by atoms with E-state index in [2.05, 4.69) is 33.7 Å². The van der Waals surface area contributed by atoms with Crippen molar-refractivity contribution in [2.75, 3.05) is 19.5 Å². The van der Waals surface area contributed by atoms with Crippen molar-refractivity contribution in [1.82, 2.24) is 10.2 Å². The number of fused-ring (bicyclic) bond motifs is 3.